The highest BCUT2D eigenvalue weighted by atomic mass is 16.6. The van der Waals surface area contributed by atoms with Gasteiger partial charge in [0.2, 0.25) is 11.8 Å². The molecule has 3 aromatic rings. The molecular weight excluding hydrogens is 472 g/mol. The van der Waals surface area contributed by atoms with Crippen LogP contribution in [-0.2, 0) is 27.9 Å². The standard InChI is InChI=1S/C25H30N6O4.C2H6/c1-3-35-25(34)30-10-8-17(9-11-30)18-13-26-31(15-18)14-16-4-5-19-21(12-16)29(2)28-23(19)20-6-7-22(32)27-24(20)33;1-2/h4-5,12-13,15,17,20H,3,6-11,14H2,1-2H3,(H,27,32,33);1-2H3. The van der Waals surface area contributed by atoms with Gasteiger partial charge in [-0.2, -0.15) is 10.2 Å². The van der Waals surface area contributed by atoms with Gasteiger partial charge in [0, 0.05) is 38.1 Å². The predicted molar refractivity (Wildman–Crippen MR) is 139 cm³/mol. The number of piperidine rings is 2. The van der Waals surface area contributed by atoms with E-state index in [0.29, 0.717) is 45.0 Å². The first-order valence-corrected chi connectivity index (χ1v) is 13.2. The van der Waals surface area contributed by atoms with Gasteiger partial charge < -0.3 is 9.64 Å². The second-order valence-corrected chi connectivity index (χ2v) is 9.30. The third-order valence-electron chi connectivity index (χ3n) is 7.00. The molecule has 0 saturated carbocycles. The van der Waals surface area contributed by atoms with Gasteiger partial charge in [0.15, 0.2) is 0 Å². The molecule has 10 nitrogen and oxygen atoms in total. The van der Waals surface area contributed by atoms with E-state index < -0.39 is 5.92 Å². The lowest BCUT2D eigenvalue weighted by atomic mass is 9.92. The Balaban J connectivity index is 0.00000156. The average Bonchev–Trinajstić information content (AvgIpc) is 3.50. The van der Waals surface area contributed by atoms with Gasteiger partial charge in [-0.25, -0.2) is 4.79 Å². The monoisotopic (exact) mass is 508 g/mol. The van der Waals surface area contributed by atoms with Crippen LogP contribution in [0.1, 0.15) is 75.1 Å². The molecule has 3 amide bonds. The first-order valence-electron chi connectivity index (χ1n) is 13.2. The molecule has 2 aliphatic heterocycles. The van der Waals surface area contributed by atoms with E-state index in [1.807, 2.05) is 50.8 Å². The van der Waals surface area contributed by atoms with E-state index in [1.165, 1.54) is 5.56 Å². The number of imide groups is 1. The van der Waals surface area contributed by atoms with E-state index in [2.05, 4.69) is 27.8 Å². The Morgan fingerprint density at radius 3 is 2.62 bits per heavy atom. The molecule has 37 heavy (non-hydrogen) atoms. The van der Waals surface area contributed by atoms with Gasteiger partial charge in [-0.3, -0.25) is 24.3 Å². The molecule has 0 spiro atoms. The number of likely N-dealkylation sites (tertiary alicyclic amines) is 1. The van der Waals surface area contributed by atoms with E-state index in [-0.39, 0.29) is 17.9 Å². The van der Waals surface area contributed by atoms with Gasteiger partial charge in [0.1, 0.15) is 0 Å². The first kappa shape index (κ1) is 26.4. The van der Waals surface area contributed by atoms with E-state index in [9.17, 15) is 14.4 Å². The maximum Gasteiger partial charge on any atom is 0.409 e. The van der Waals surface area contributed by atoms with Crippen molar-refractivity contribution in [2.75, 3.05) is 19.7 Å². The molecule has 2 aliphatic rings. The second-order valence-electron chi connectivity index (χ2n) is 9.30. The van der Waals surface area contributed by atoms with Gasteiger partial charge in [-0.1, -0.05) is 26.0 Å². The minimum absolute atomic E-state index is 0.225. The Morgan fingerprint density at radius 1 is 1.16 bits per heavy atom. The number of nitrogens with one attached hydrogen (secondary N) is 1. The fraction of sp³-hybridized carbons (Fsp3) is 0.519. The highest BCUT2D eigenvalue weighted by Crippen LogP contribution is 2.31. The van der Waals surface area contributed by atoms with Crippen LogP contribution in [-0.4, -0.2) is 62.1 Å². The third-order valence-corrected chi connectivity index (χ3v) is 7.00. The molecular formula is C27H36N6O4. The number of hydrogen-bond acceptors (Lipinski definition) is 6. The molecule has 1 atom stereocenters. The summed E-state index contributed by atoms with van der Waals surface area (Å²) in [4.78, 5) is 37.6. The van der Waals surface area contributed by atoms with Gasteiger partial charge in [0.25, 0.3) is 0 Å². The summed E-state index contributed by atoms with van der Waals surface area (Å²) in [6.45, 7) is 8.23. The molecule has 4 heterocycles. The number of carbonyl (C=O) groups is 3. The summed E-state index contributed by atoms with van der Waals surface area (Å²) in [6, 6.07) is 6.13. The van der Waals surface area contributed by atoms with Crippen molar-refractivity contribution in [1.82, 2.24) is 29.8 Å². The normalized spacial score (nSPS) is 18.4. The van der Waals surface area contributed by atoms with Crippen LogP contribution in [0.4, 0.5) is 4.79 Å². The Hall–Kier alpha value is -3.69. The largest absolute Gasteiger partial charge is 0.450 e. The van der Waals surface area contributed by atoms with Crippen molar-refractivity contribution in [3.8, 4) is 0 Å². The Labute approximate surface area is 216 Å². The summed E-state index contributed by atoms with van der Waals surface area (Å²) in [7, 11) is 1.87. The minimum Gasteiger partial charge on any atom is -0.450 e. The maximum atomic E-state index is 12.4. The van der Waals surface area contributed by atoms with Crippen LogP contribution in [0.15, 0.2) is 30.6 Å². The number of aromatic nitrogens is 4. The summed E-state index contributed by atoms with van der Waals surface area (Å²) in [5.41, 5.74) is 3.94. The van der Waals surface area contributed by atoms with Crippen LogP contribution >= 0.6 is 0 Å². The van der Waals surface area contributed by atoms with E-state index in [4.69, 9.17) is 4.74 Å². The van der Waals surface area contributed by atoms with Crippen molar-refractivity contribution in [3.05, 3.63) is 47.4 Å². The van der Waals surface area contributed by atoms with Crippen LogP contribution in [0, 0.1) is 0 Å². The third kappa shape index (κ3) is 5.68. The van der Waals surface area contributed by atoms with Crippen molar-refractivity contribution in [3.63, 3.8) is 0 Å². The number of hydrogen-bond donors (Lipinski definition) is 1. The van der Waals surface area contributed by atoms with Crippen molar-refractivity contribution in [2.45, 2.75) is 64.8 Å². The SMILES string of the molecule is CC.CCOC(=O)N1CCC(c2cnn(Cc3ccc4c(C5CCC(=O)NC5=O)nn(C)c4c3)c2)CC1. The van der Waals surface area contributed by atoms with E-state index >= 15 is 0 Å². The number of benzene rings is 1. The predicted octanol–water partition coefficient (Wildman–Crippen LogP) is 3.70. The summed E-state index contributed by atoms with van der Waals surface area (Å²) < 4.78 is 8.84. The molecule has 198 valence electrons. The quantitative estimate of drug-likeness (QED) is 0.526. The van der Waals surface area contributed by atoms with Crippen molar-refractivity contribution in [2.24, 2.45) is 7.05 Å². The van der Waals surface area contributed by atoms with Crippen molar-refractivity contribution in [1.29, 1.82) is 0 Å². The van der Waals surface area contributed by atoms with Gasteiger partial charge in [0.05, 0.1) is 36.5 Å². The average molecular weight is 509 g/mol. The molecule has 0 bridgehead atoms. The number of nitrogens with zero attached hydrogens (tertiary/aromatic N) is 5. The number of aryl methyl sites for hydroxylation is 1. The molecule has 1 aromatic carbocycles. The van der Waals surface area contributed by atoms with Crippen LogP contribution < -0.4 is 5.32 Å². The number of rotatable bonds is 5. The number of fused-ring (bicyclic) bond motifs is 1. The molecule has 0 radical (unpaired) electrons. The maximum absolute atomic E-state index is 12.4. The zero-order valence-electron chi connectivity index (χ0n) is 22.1. The van der Waals surface area contributed by atoms with Crippen LogP contribution in [0.25, 0.3) is 10.9 Å². The highest BCUT2D eigenvalue weighted by Gasteiger charge is 2.31. The van der Waals surface area contributed by atoms with Crippen LogP contribution in [0.5, 0.6) is 0 Å². The second kappa shape index (κ2) is 11.6. The summed E-state index contributed by atoms with van der Waals surface area (Å²) >= 11 is 0. The smallest absolute Gasteiger partial charge is 0.409 e. The van der Waals surface area contributed by atoms with E-state index in [0.717, 1.165) is 35.0 Å². The van der Waals surface area contributed by atoms with Crippen LogP contribution in [0.2, 0.25) is 0 Å². The number of carbonyl (C=O) groups excluding carboxylic acids is 3. The van der Waals surface area contributed by atoms with Crippen LogP contribution in [0.3, 0.4) is 0 Å². The van der Waals surface area contributed by atoms with Gasteiger partial charge in [-0.05, 0) is 49.3 Å². The molecule has 1 N–H and O–H groups in total. The lowest BCUT2D eigenvalue weighted by molar-refractivity contribution is -0.134. The minimum atomic E-state index is -0.411. The lowest BCUT2D eigenvalue weighted by Gasteiger charge is -2.30. The van der Waals surface area contributed by atoms with E-state index in [1.54, 1.807) is 9.58 Å². The molecule has 0 aliphatic carbocycles. The summed E-state index contributed by atoms with van der Waals surface area (Å²) in [5.74, 6) is -0.532. The van der Waals surface area contributed by atoms with Gasteiger partial charge >= 0.3 is 6.09 Å². The number of amides is 3. The fourth-order valence-electron chi connectivity index (χ4n) is 5.12. The summed E-state index contributed by atoms with van der Waals surface area (Å²) in [6.07, 6.45) is 6.39. The zero-order valence-corrected chi connectivity index (χ0v) is 22.1. The highest BCUT2D eigenvalue weighted by molar-refractivity contribution is 6.02. The first-order chi connectivity index (χ1) is 17.9. The lowest BCUT2D eigenvalue weighted by Crippen LogP contribution is -2.39. The van der Waals surface area contributed by atoms with Crippen molar-refractivity contribution >= 4 is 28.8 Å². The molecule has 1 unspecified atom stereocenters. The Bertz CT molecular complexity index is 1270. The Morgan fingerprint density at radius 2 is 1.92 bits per heavy atom. The molecule has 5 rings (SSSR count). The number of ether oxygens (including phenoxy) is 1. The molecule has 2 fully saturated rings. The zero-order chi connectivity index (χ0) is 26.5. The topological polar surface area (TPSA) is 111 Å². The molecule has 10 heteroatoms. The Kier molecular flexibility index (Phi) is 8.25. The molecule has 2 aromatic heterocycles. The summed E-state index contributed by atoms with van der Waals surface area (Å²) in [5, 5.41) is 12.5. The molecule has 2 saturated heterocycles. The van der Waals surface area contributed by atoms with Gasteiger partial charge in [-0.15, -0.1) is 0 Å². The van der Waals surface area contributed by atoms with Crippen molar-refractivity contribution < 1.29 is 19.1 Å². The fourth-order valence-corrected chi connectivity index (χ4v) is 5.12.